The Kier molecular flexibility index (Phi) is 7.74. The first-order chi connectivity index (χ1) is 19.0. The Bertz CT molecular complexity index is 1570. The molecule has 0 fully saturated rings. The molecule has 3 N–H and O–H groups in total. The molecule has 0 radical (unpaired) electrons. The lowest BCUT2D eigenvalue weighted by molar-refractivity contribution is 0.0513. The minimum atomic E-state index is -0.441. The van der Waals surface area contributed by atoms with E-state index >= 15 is 0 Å². The molecule has 200 valence electrons. The molecule has 0 aliphatic heterocycles. The standard InChI is InChI=1S/C31H33N5O3/c1-4-38-31(37)29-27(28(35-36(29)18-15-32)25-13-16-33-30-26(25)14-17-34-30)23-9-11-24(12-10-23)39-19-21-5-7-22(8-6-21)20(2)3/h5-14,16-17,20H,4,15,18-19,32H2,1-3H3,(H,33,34). The number of ether oxygens (including phenoxy) is 2. The number of hydrogen-bond acceptors (Lipinski definition) is 6. The van der Waals surface area contributed by atoms with Gasteiger partial charge in [0.05, 0.1) is 13.2 Å². The van der Waals surface area contributed by atoms with Crippen molar-refractivity contribution in [2.45, 2.75) is 39.8 Å². The molecular formula is C31H33N5O3. The van der Waals surface area contributed by atoms with Crippen molar-refractivity contribution in [3.8, 4) is 28.1 Å². The maximum absolute atomic E-state index is 13.2. The number of rotatable bonds is 10. The molecule has 5 aromatic rings. The first kappa shape index (κ1) is 26.2. The normalized spacial score (nSPS) is 11.3. The second kappa shape index (κ2) is 11.5. The van der Waals surface area contributed by atoms with Crippen molar-refractivity contribution in [1.29, 1.82) is 0 Å². The molecule has 39 heavy (non-hydrogen) atoms. The van der Waals surface area contributed by atoms with Crippen molar-refractivity contribution < 1.29 is 14.3 Å². The molecule has 0 bridgehead atoms. The maximum Gasteiger partial charge on any atom is 0.357 e. The van der Waals surface area contributed by atoms with Crippen molar-refractivity contribution in [3.05, 3.63) is 89.9 Å². The van der Waals surface area contributed by atoms with Gasteiger partial charge in [0.25, 0.3) is 0 Å². The molecule has 0 saturated heterocycles. The topological polar surface area (TPSA) is 108 Å². The molecule has 8 nitrogen and oxygen atoms in total. The van der Waals surface area contributed by atoms with Crippen molar-refractivity contribution in [2.24, 2.45) is 5.73 Å². The number of hydrogen-bond donors (Lipinski definition) is 2. The highest BCUT2D eigenvalue weighted by molar-refractivity contribution is 6.04. The molecule has 5 rings (SSSR count). The molecule has 3 heterocycles. The minimum absolute atomic E-state index is 0.254. The van der Waals surface area contributed by atoms with Crippen LogP contribution in [-0.4, -0.2) is 38.9 Å². The summed E-state index contributed by atoms with van der Waals surface area (Å²) in [6, 6.07) is 20.1. The summed E-state index contributed by atoms with van der Waals surface area (Å²) >= 11 is 0. The zero-order chi connectivity index (χ0) is 27.4. The van der Waals surface area contributed by atoms with Crippen LogP contribution in [0.2, 0.25) is 0 Å². The predicted molar refractivity (Wildman–Crippen MR) is 153 cm³/mol. The van der Waals surface area contributed by atoms with Crippen LogP contribution >= 0.6 is 0 Å². The SMILES string of the molecule is CCOC(=O)c1c(-c2ccc(OCc3ccc(C(C)C)cc3)cc2)c(-c2ccnc3[nH]ccc23)nn1CCN. The van der Waals surface area contributed by atoms with E-state index in [-0.39, 0.29) is 6.61 Å². The summed E-state index contributed by atoms with van der Waals surface area (Å²) in [4.78, 5) is 20.8. The molecule has 0 aliphatic rings. The van der Waals surface area contributed by atoms with Gasteiger partial charge < -0.3 is 20.2 Å². The molecule has 0 saturated carbocycles. The van der Waals surface area contributed by atoms with Crippen LogP contribution in [0.15, 0.2) is 73.1 Å². The lowest BCUT2D eigenvalue weighted by Gasteiger charge is -2.11. The third-order valence-electron chi connectivity index (χ3n) is 6.67. The van der Waals surface area contributed by atoms with Gasteiger partial charge in [-0.1, -0.05) is 50.2 Å². The van der Waals surface area contributed by atoms with E-state index in [1.807, 2.05) is 42.6 Å². The summed E-state index contributed by atoms with van der Waals surface area (Å²) in [6.45, 7) is 7.57. The summed E-state index contributed by atoms with van der Waals surface area (Å²) in [5, 5.41) is 5.77. The lowest BCUT2D eigenvalue weighted by Crippen LogP contribution is -2.18. The Hall–Kier alpha value is -4.43. The number of aromatic nitrogens is 4. The molecule has 0 atom stereocenters. The molecule has 3 aromatic heterocycles. The van der Waals surface area contributed by atoms with Crippen LogP contribution in [0.3, 0.4) is 0 Å². The number of nitrogens with zero attached hydrogens (tertiary/aromatic N) is 3. The van der Waals surface area contributed by atoms with E-state index in [4.69, 9.17) is 20.3 Å². The van der Waals surface area contributed by atoms with Crippen LogP contribution in [0.1, 0.15) is 48.3 Å². The van der Waals surface area contributed by atoms with Crippen LogP contribution in [-0.2, 0) is 17.9 Å². The van der Waals surface area contributed by atoms with Gasteiger partial charge >= 0.3 is 5.97 Å². The zero-order valence-corrected chi connectivity index (χ0v) is 22.5. The molecule has 0 amide bonds. The van der Waals surface area contributed by atoms with Crippen molar-refractivity contribution in [2.75, 3.05) is 13.2 Å². The highest BCUT2D eigenvalue weighted by atomic mass is 16.5. The fourth-order valence-corrected chi connectivity index (χ4v) is 4.67. The summed E-state index contributed by atoms with van der Waals surface area (Å²) in [7, 11) is 0. The quantitative estimate of drug-likeness (QED) is 0.220. The summed E-state index contributed by atoms with van der Waals surface area (Å²) in [5.41, 5.74) is 12.5. The summed E-state index contributed by atoms with van der Waals surface area (Å²) < 4.78 is 13.2. The summed E-state index contributed by atoms with van der Waals surface area (Å²) in [5.74, 6) is 0.785. The Morgan fingerprint density at radius 2 is 1.82 bits per heavy atom. The minimum Gasteiger partial charge on any atom is -0.489 e. The van der Waals surface area contributed by atoms with Crippen LogP contribution in [0, 0.1) is 0 Å². The van der Waals surface area contributed by atoms with Gasteiger partial charge in [0.15, 0.2) is 5.69 Å². The third-order valence-corrected chi connectivity index (χ3v) is 6.67. The second-order valence-electron chi connectivity index (χ2n) is 9.61. The van der Waals surface area contributed by atoms with Crippen LogP contribution in [0.4, 0.5) is 0 Å². The average Bonchev–Trinajstić information content (AvgIpc) is 3.58. The largest absolute Gasteiger partial charge is 0.489 e. The number of fused-ring (bicyclic) bond motifs is 1. The highest BCUT2D eigenvalue weighted by Crippen LogP contribution is 2.38. The molecular weight excluding hydrogens is 490 g/mol. The number of carbonyl (C=O) groups excluding carboxylic acids is 1. The number of pyridine rings is 1. The van der Waals surface area contributed by atoms with Gasteiger partial charge in [0, 0.05) is 35.5 Å². The van der Waals surface area contributed by atoms with Crippen LogP contribution < -0.4 is 10.5 Å². The Morgan fingerprint density at radius 1 is 1.05 bits per heavy atom. The van der Waals surface area contributed by atoms with Crippen molar-refractivity contribution in [1.82, 2.24) is 19.7 Å². The third kappa shape index (κ3) is 5.42. The molecule has 0 unspecified atom stereocenters. The van der Waals surface area contributed by atoms with E-state index in [0.29, 0.717) is 42.6 Å². The van der Waals surface area contributed by atoms with Gasteiger partial charge in [-0.2, -0.15) is 5.10 Å². The Labute approximate surface area is 227 Å². The summed E-state index contributed by atoms with van der Waals surface area (Å²) in [6.07, 6.45) is 3.57. The first-order valence-corrected chi connectivity index (χ1v) is 13.2. The monoisotopic (exact) mass is 523 g/mol. The molecule has 0 spiro atoms. The Morgan fingerprint density at radius 3 is 2.51 bits per heavy atom. The number of benzene rings is 2. The van der Waals surface area contributed by atoms with Crippen LogP contribution in [0.5, 0.6) is 5.75 Å². The number of esters is 1. The molecule has 0 aliphatic carbocycles. The van der Waals surface area contributed by atoms with E-state index in [1.54, 1.807) is 17.8 Å². The van der Waals surface area contributed by atoms with Gasteiger partial charge in [0.1, 0.15) is 23.7 Å². The van der Waals surface area contributed by atoms with Crippen molar-refractivity contribution >= 4 is 17.0 Å². The van der Waals surface area contributed by atoms with Gasteiger partial charge in [-0.3, -0.25) is 4.68 Å². The first-order valence-electron chi connectivity index (χ1n) is 13.2. The number of nitrogens with two attached hydrogens (primary N) is 1. The predicted octanol–water partition coefficient (Wildman–Crippen LogP) is 5.93. The van der Waals surface area contributed by atoms with E-state index in [9.17, 15) is 4.79 Å². The lowest BCUT2D eigenvalue weighted by atomic mass is 9.97. The second-order valence-corrected chi connectivity index (χ2v) is 9.61. The fourth-order valence-electron chi connectivity index (χ4n) is 4.67. The maximum atomic E-state index is 13.2. The smallest absolute Gasteiger partial charge is 0.357 e. The number of nitrogens with one attached hydrogen (secondary N) is 1. The molecule has 2 aromatic carbocycles. The number of carbonyl (C=O) groups is 1. The van der Waals surface area contributed by atoms with Gasteiger partial charge in [-0.05, 0) is 53.8 Å². The van der Waals surface area contributed by atoms with Crippen molar-refractivity contribution in [3.63, 3.8) is 0 Å². The van der Waals surface area contributed by atoms with E-state index in [2.05, 4.69) is 48.1 Å². The van der Waals surface area contributed by atoms with Gasteiger partial charge in [0.2, 0.25) is 0 Å². The fraction of sp³-hybridized carbons (Fsp3) is 0.258. The molecule has 8 heteroatoms. The highest BCUT2D eigenvalue weighted by Gasteiger charge is 2.27. The van der Waals surface area contributed by atoms with Gasteiger partial charge in [-0.25, -0.2) is 9.78 Å². The number of H-pyrrole nitrogens is 1. The van der Waals surface area contributed by atoms with Gasteiger partial charge in [-0.15, -0.1) is 0 Å². The Balaban J connectivity index is 1.52. The average molecular weight is 524 g/mol. The zero-order valence-electron chi connectivity index (χ0n) is 22.5. The van der Waals surface area contributed by atoms with E-state index < -0.39 is 5.97 Å². The van der Waals surface area contributed by atoms with E-state index in [1.165, 1.54) is 5.56 Å². The number of aromatic amines is 1. The van der Waals surface area contributed by atoms with Crippen LogP contribution in [0.25, 0.3) is 33.4 Å². The van der Waals surface area contributed by atoms with E-state index in [0.717, 1.165) is 33.5 Å².